The fourth-order valence-corrected chi connectivity index (χ4v) is 8.97. The second kappa shape index (κ2) is 12.3. The van der Waals surface area contributed by atoms with Gasteiger partial charge in [-0.3, -0.25) is 0 Å². The second-order valence-electron chi connectivity index (χ2n) is 14.4. The van der Waals surface area contributed by atoms with Crippen LogP contribution in [0.4, 0.5) is 0 Å². The van der Waals surface area contributed by atoms with Crippen molar-refractivity contribution >= 4 is 64.6 Å². The fraction of sp³-hybridized carbons (Fsp3) is 0. The molecule has 0 saturated heterocycles. The molecule has 54 heavy (non-hydrogen) atoms. The van der Waals surface area contributed by atoms with Gasteiger partial charge in [0, 0.05) is 0 Å². The topological polar surface area (TPSA) is 0 Å². The van der Waals surface area contributed by atoms with E-state index in [1.54, 1.807) is 0 Å². The largest absolute Gasteiger partial charge is 0.0622 e. The Morgan fingerprint density at radius 3 is 1.44 bits per heavy atom. The maximum atomic E-state index is 2.48. The lowest BCUT2D eigenvalue weighted by molar-refractivity contribution is 1.61. The van der Waals surface area contributed by atoms with E-state index >= 15 is 0 Å². The Morgan fingerprint density at radius 1 is 0.185 bits per heavy atom. The zero-order valence-electron chi connectivity index (χ0n) is 29.6. The predicted molar refractivity (Wildman–Crippen MR) is 233 cm³/mol. The van der Waals surface area contributed by atoms with Crippen LogP contribution in [0.2, 0.25) is 0 Å². The van der Waals surface area contributed by atoms with Gasteiger partial charge in [-0.1, -0.05) is 194 Å². The highest BCUT2D eigenvalue weighted by Crippen LogP contribution is 2.48. The van der Waals surface area contributed by atoms with E-state index < -0.39 is 0 Å². The minimum atomic E-state index is 1.22. The molecule has 11 rings (SSSR count). The molecule has 0 aromatic heterocycles. The molecule has 0 amide bonds. The molecule has 0 heterocycles. The van der Waals surface area contributed by atoms with Crippen molar-refractivity contribution in [2.45, 2.75) is 0 Å². The average molecular weight is 683 g/mol. The van der Waals surface area contributed by atoms with Crippen LogP contribution in [0.15, 0.2) is 206 Å². The van der Waals surface area contributed by atoms with Crippen molar-refractivity contribution in [3.05, 3.63) is 206 Å². The Balaban J connectivity index is 1.27. The van der Waals surface area contributed by atoms with Crippen LogP contribution in [0.1, 0.15) is 0 Å². The monoisotopic (exact) mass is 682 g/mol. The lowest BCUT2D eigenvalue weighted by atomic mass is 9.82. The molecule has 0 bridgehead atoms. The van der Waals surface area contributed by atoms with Gasteiger partial charge in [0.05, 0.1) is 0 Å². The number of hydrogen-bond donors (Lipinski definition) is 0. The number of rotatable bonds is 4. The zero-order chi connectivity index (χ0) is 35.6. The zero-order valence-corrected chi connectivity index (χ0v) is 29.6. The Bertz CT molecular complexity index is 3240. The van der Waals surface area contributed by atoms with Gasteiger partial charge in [-0.2, -0.15) is 0 Å². The molecule has 11 aromatic rings. The summed E-state index contributed by atoms with van der Waals surface area (Å²) >= 11 is 0. The molecule has 0 spiro atoms. The van der Waals surface area contributed by atoms with E-state index in [-0.39, 0.29) is 0 Å². The number of fused-ring (bicyclic) bond motifs is 7. The van der Waals surface area contributed by atoms with Crippen LogP contribution in [0.25, 0.3) is 109 Å². The first-order chi connectivity index (χ1) is 26.8. The summed E-state index contributed by atoms with van der Waals surface area (Å²) in [6.45, 7) is 0. The predicted octanol–water partition coefficient (Wildman–Crippen LogP) is 15.3. The molecule has 11 aromatic carbocycles. The third kappa shape index (κ3) is 4.78. The summed E-state index contributed by atoms with van der Waals surface area (Å²) in [5.41, 5.74) is 9.97. The molecule has 0 aliphatic carbocycles. The maximum absolute atomic E-state index is 2.48. The Labute approximate surface area is 314 Å². The summed E-state index contributed by atoms with van der Waals surface area (Å²) in [7, 11) is 0. The molecule has 0 aliphatic rings. The van der Waals surface area contributed by atoms with Gasteiger partial charge in [-0.15, -0.1) is 0 Å². The highest BCUT2D eigenvalue weighted by Gasteiger charge is 2.20. The maximum Gasteiger partial charge on any atom is -0.00199 e. The van der Waals surface area contributed by atoms with E-state index in [0.29, 0.717) is 0 Å². The van der Waals surface area contributed by atoms with Gasteiger partial charge in [0.25, 0.3) is 0 Å². The summed E-state index contributed by atoms with van der Waals surface area (Å²) in [6.07, 6.45) is 0. The van der Waals surface area contributed by atoms with E-state index in [1.807, 2.05) is 0 Å². The lowest BCUT2D eigenvalue weighted by Crippen LogP contribution is -1.93. The lowest BCUT2D eigenvalue weighted by Gasteiger charge is -2.20. The summed E-state index contributed by atoms with van der Waals surface area (Å²) in [6, 6.07) is 76.2. The van der Waals surface area contributed by atoms with Crippen LogP contribution in [0.3, 0.4) is 0 Å². The van der Waals surface area contributed by atoms with Crippen LogP contribution in [-0.2, 0) is 0 Å². The van der Waals surface area contributed by atoms with Gasteiger partial charge in [0.15, 0.2) is 0 Å². The van der Waals surface area contributed by atoms with Crippen molar-refractivity contribution in [2.75, 3.05) is 0 Å². The molecule has 0 aliphatic heterocycles. The first kappa shape index (κ1) is 30.6. The molecular weight excluding hydrogens is 649 g/mol. The van der Waals surface area contributed by atoms with Crippen molar-refractivity contribution in [3.63, 3.8) is 0 Å². The van der Waals surface area contributed by atoms with Gasteiger partial charge < -0.3 is 0 Å². The molecule has 0 fully saturated rings. The first-order valence-electron chi connectivity index (χ1n) is 18.8. The molecule has 250 valence electrons. The highest BCUT2D eigenvalue weighted by molar-refractivity contribution is 6.25. The van der Waals surface area contributed by atoms with E-state index in [2.05, 4.69) is 206 Å². The van der Waals surface area contributed by atoms with Gasteiger partial charge in [0.1, 0.15) is 0 Å². The molecule has 0 N–H and O–H groups in total. The Kier molecular flexibility index (Phi) is 6.97. The van der Waals surface area contributed by atoms with Crippen molar-refractivity contribution in [1.82, 2.24) is 0 Å². The van der Waals surface area contributed by atoms with Crippen molar-refractivity contribution in [2.24, 2.45) is 0 Å². The van der Waals surface area contributed by atoms with Crippen molar-refractivity contribution in [1.29, 1.82) is 0 Å². The van der Waals surface area contributed by atoms with Crippen LogP contribution in [0, 0.1) is 0 Å². The Hall–Kier alpha value is -7.02. The normalized spacial score (nSPS) is 11.7. The van der Waals surface area contributed by atoms with E-state index in [0.717, 1.165) is 0 Å². The molecule has 0 atom stereocenters. The SMILES string of the molecule is c1ccc(-c2ccc(-c3c4ccccc4c(-c4cccc5ccccc45)c4cc(-c5c6ccccc6cc6c5ccc5ccccc56)ccc34)cc2)cc1. The third-order valence-corrected chi connectivity index (χ3v) is 11.4. The molecule has 0 heteroatoms. The van der Waals surface area contributed by atoms with E-state index in [4.69, 9.17) is 0 Å². The number of benzene rings is 11. The van der Waals surface area contributed by atoms with Crippen LogP contribution < -0.4 is 0 Å². The van der Waals surface area contributed by atoms with Crippen LogP contribution in [0.5, 0.6) is 0 Å². The third-order valence-electron chi connectivity index (χ3n) is 11.4. The summed E-state index contributed by atoms with van der Waals surface area (Å²) < 4.78 is 0. The van der Waals surface area contributed by atoms with E-state index in [9.17, 15) is 0 Å². The molecule has 0 radical (unpaired) electrons. The van der Waals surface area contributed by atoms with Crippen molar-refractivity contribution < 1.29 is 0 Å². The highest BCUT2D eigenvalue weighted by atomic mass is 14.2. The van der Waals surface area contributed by atoms with Gasteiger partial charge >= 0.3 is 0 Å². The summed E-state index contributed by atoms with van der Waals surface area (Å²) in [5, 5.41) is 15.2. The summed E-state index contributed by atoms with van der Waals surface area (Å²) in [4.78, 5) is 0. The standard InChI is InChI=1S/C54H34/c1-2-13-35(14-3-1)36-25-27-39(28-26-36)52-46-22-10-11-23-47(46)54(45-24-12-18-37-15-4-7-19-42(37)45)51-34-41(30-32-49(51)52)53-44-21-9-6-17-40(44)33-50-43-20-8-5-16-38(43)29-31-48(50)53/h1-34H. The first-order valence-corrected chi connectivity index (χ1v) is 18.8. The Morgan fingerprint density at radius 2 is 0.667 bits per heavy atom. The molecule has 0 unspecified atom stereocenters. The minimum Gasteiger partial charge on any atom is -0.0622 e. The van der Waals surface area contributed by atoms with Crippen LogP contribution >= 0.6 is 0 Å². The van der Waals surface area contributed by atoms with Gasteiger partial charge in [0.2, 0.25) is 0 Å². The summed E-state index contributed by atoms with van der Waals surface area (Å²) in [5.74, 6) is 0. The molecule has 0 saturated carbocycles. The second-order valence-corrected chi connectivity index (χ2v) is 14.4. The van der Waals surface area contributed by atoms with Crippen LogP contribution in [-0.4, -0.2) is 0 Å². The fourth-order valence-electron chi connectivity index (χ4n) is 8.97. The quantitative estimate of drug-likeness (QED) is 0.128. The average Bonchev–Trinajstić information content (AvgIpc) is 3.25. The van der Waals surface area contributed by atoms with Crippen molar-refractivity contribution in [3.8, 4) is 44.5 Å². The number of hydrogen-bond acceptors (Lipinski definition) is 0. The van der Waals surface area contributed by atoms with Gasteiger partial charge in [-0.05, 0) is 121 Å². The molecule has 0 nitrogen and oxygen atoms in total. The molecular formula is C54H34. The van der Waals surface area contributed by atoms with Gasteiger partial charge in [-0.25, -0.2) is 0 Å². The van der Waals surface area contributed by atoms with E-state index in [1.165, 1.54) is 109 Å². The smallest absolute Gasteiger partial charge is 0.00199 e. The minimum absolute atomic E-state index is 1.22.